The van der Waals surface area contributed by atoms with E-state index in [1.54, 1.807) is 13.8 Å². The average Bonchev–Trinajstić information content (AvgIpc) is 1.84. The van der Waals surface area contributed by atoms with Crippen LogP contribution in [0, 0.1) is 5.41 Å². The average molecular weight is 143 g/mol. The Hall–Kier alpha value is -0.900. The summed E-state index contributed by atoms with van der Waals surface area (Å²) < 4.78 is 0. The van der Waals surface area contributed by atoms with Gasteiger partial charge in [-0.2, -0.15) is 0 Å². The summed E-state index contributed by atoms with van der Waals surface area (Å²) in [6.45, 7) is 3.36. The summed E-state index contributed by atoms with van der Waals surface area (Å²) in [4.78, 5) is 14.7. The van der Waals surface area contributed by atoms with Crippen molar-refractivity contribution in [3.05, 3.63) is 0 Å². The maximum atomic E-state index is 10.6. The third-order valence-corrected chi connectivity index (χ3v) is 1.45. The lowest BCUT2D eigenvalue weighted by atomic mass is 9.88. The molecular weight excluding hydrogens is 134 g/mol. The number of rotatable bonds is 2. The highest BCUT2D eigenvalue weighted by Gasteiger charge is 2.37. The first-order chi connectivity index (χ1) is 4.58. The first-order valence-electron chi connectivity index (χ1n) is 2.98. The van der Waals surface area contributed by atoms with Crippen molar-refractivity contribution in [2.75, 3.05) is 6.61 Å². The smallest absolute Gasteiger partial charge is 0.383 e. The SMILES string of the molecule is CC(C)(CO)C1=NOC1=O. The van der Waals surface area contributed by atoms with Gasteiger partial charge in [-0.3, -0.25) is 0 Å². The van der Waals surface area contributed by atoms with Crippen LogP contribution in [0.2, 0.25) is 0 Å². The molecule has 1 aliphatic heterocycles. The highest BCUT2D eigenvalue weighted by molar-refractivity contribution is 6.41. The zero-order valence-corrected chi connectivity index (χ0v) is 5.92. The van der Waals surface area contributed by atoms with Gasteiger partial charge in [-0.15, -0.1) is 0 Å². The van der Waals surface area contributed by atoms with Crippen LogP contribution < -0.4 is 0 Å². The molecule has 0 amide bonds. The standard InChI is InChI=1S/C6H9NO3/c1-6(2,3-8)4-5(9)10-7-4/h8H,3H2,1-2H3. The van der Waals surface area contributed by atoms with Crippen molar-refractivity contribution in [1.82, 2.24) is 0 Å². The number of carbonyl (C=O) groups is 1. The number of hydrogen-bond donors (Lipinski definition) is 1. The second kappa shape index (κ2) is 2.05. The van der Waals surface area contributed by atoms with Crippen LogP contribution in [0.25, 0.3) is 0 Å². The maximum Gasteiger partial charge on any atom is 0.383 e. The molecule has 0 aromatic rings. The van der Waals surface area contributed by atoms with Gasteiger partial charge in [0.15, 0.2) is 5.71 Å². The Morgan fingerprint density at radius 1 is 1.70 bits per heavy atom. The monoisotopic (exact) mass is 143 g/mol. The van der Waals surface area contributed by atoms with E-state index < -0.39 is 11.4 Å². The summed E-state index contributed by atoms with van der Waals surface area (Å²) in [5.74, 6) is -0.431. The molecular formula is C6H9NO3. The van der Waals surface area contributed by atoms with Gasteiger partial charge < -0.3 is 9.94 Å². The Kier molecular flexibility index (Phi) is 1.48. The topological polar surface area (TPSA) is 58.9 Å². The molecule has 1 rings (SSSR count). The zero-order chi connectivity index (χ0) is 7.78. The Balaban J connectivity index is 2.74. The first kappa shape index (κ1) is 7.21. The molecule has 1 heterocycles. The van der Waals surface area contributed by atoms with Gasteiger partial charge in [0.1, 0.15) is 0 Å². The molecule has 1 N–H and O–H groups in total. The molecule has 0 aliphatic carbocycles. The highest BCUT2D eigenvalue weighted by atomic mass is 16.7. The fourth-order valence-electron chi connectivity index (χ4n) is 0.603. The zero-order valence-electron chi connectivity index (χ0n) is 5.92. The van der Waals surface area contributed by atoms with Gasteiger partial charge in [0.25, 0.3) is 0 Å². The van der Waals surface area contributed by atoms with Gasteiger partial charge in [0.2, 0.25) is 0 Å². The van der Waals surface area contributed by atoms with Gasteiger partial charge in [0.05, 0.1) is 6.61 Å². The Bertz CT molecular complexity index is 195. The molecule has 4 heteroatoms. The molecule has 0 aromatic heterocycles. The van der Waals surface area contributed by atoms with Crippen LogP contribution in [0.1, 0.15) is 13.8 Å². The van der Waals surface area contributed by atoms with Crippen molar-refractivity contribution in [2.45, 2.75) is 13.8 Å². The lowest BCUT2D eigenvalue weighted by molar-refractivity contribution is -0.141. The second-order valence-corrected chi connectivity index (χ2v) is 2.86. The van der Waals surface area contributed by atoms with Crippen LogP contribution >= 0.6 is 0 Å². The van der Waals surface area contributed by atoms with Crippen molar-refractivity contribution in [2.24, 2.45) is 10.6 Å². The van der Waals surface area contributed by atoms with E-state index in [4.69, 9.17) is 5.11 Å². The molecule has 0 saturated carbocycles. The van der Waals surface area contributed by atoms with E-state index in [1.165, 1.54) is 0 Å². The van der Waals surface area contributed by atoms with E-state index in [-0.39, 0.29) is 6.61 Å². The van der Waals surface area contributed by atoms with Crippen molar-refractivity contribution in [3.8, 4) is 0 Å². The predicted octanol–water partition coefficient (Wildman–Crippen LogP) is -0.0823. The molecule has 0 aromatic carbocycles. The molecule has 0 fully saturated rings. The third kappa shape index (κ3) is 0.903. The van der Waals surface area contributed by atoms with Crippen LogP contribution in [0.3, 0.4) is 0 Å². The molecule has 0 unspecified atom stereocenters. The van der Waals surface area contributed by atoms with Crippen LogP contribution in [-0.4, -0.2) is 23.4 Å². The number of carbonyl (C=O) groups excluding carboxylic acids is 1. The molecule has 56 valence electrons. The molecule has 4 nitrogen and oxygen atoms in total. The fourth-order valence-corrected chi connectivity index (χ4v) is 0.603. The van der Waals surface area contributed by atoms with Crippen molar-refractivity contribution in [1.29, 1.82) is 0 Å². The summed E-state index contributed by atoms with van der Waals surface area (Å²) in [5.41, 5.74) is -0.245. The summed E-state index contributed by atoms with van der Waals surface area (Å²) >= 11 is 0. The van der Waals surface area contributed by atoms with Crippen LogP contribution in [0.15, 0.2) is 5.16 Å². The van der Waals surface area contributed by atoms with E-state index in [0.29, 0.717) is 5.71 Å². The molecule has 0 spiro atoms. The van der Waals surface area contributed by atoms with Crippen molar-refractivity contribution >= 4 is 11.7 Å². The maximum absolute atomic E-state index is 10.6. The van der Waals surface area contributed by atoms with Gasteiger partial charge >= 0.3 is 5.97 Å². The fraction of sp³-hybridized carbons (Fsp3) is 0.667. The molecule has 1 aliphatic rings. The minimum Gasteiger partial charge on any atom is -0.395 e. The predicted molar refractivity (Wildman–Crippen MR) is 34.4 cm³/mol. The Labute approximate surface area is 58.5 Å². The largest absolute Gasteiger partial charge is 0.395 e. The quantitative estimate of drug-likeness (QED) is 0.550. The first-order valence-corrected chi connectivity index (χ1v) is 2.98. The normalized spacial score (nSPS) is 17.5. The van der Waals surface area contributed by atoms with E-state index in [2.05, 4.69) is 9.99 Å². The second-order valence-electron chi connectivity index (χ2n) is 2.86. The van der Waals surface area contributed by atoms with Gasteiger partial charge in [0, 0.05) is 5.41 Å². The molecule has 0 bridgehead atoms. The molecule has 0 saturated heterocycles. The minimum absolute atomic E-state index is 0.0963. The molecule has 10 heavy (non-hydrogen) atoms. The van der Waals surface area contributed by atoms with E-state index in [0.717, 1.165) is 0 Å². The number of oxime groups is 1. The number of nitrogens with zero attached hydrogens (tertiary/aromatic N) is 1. The van der Waals surface area contributed by atoms with Gasteiger partial charge in [-0.1, -0.05) is 19.0 Å². The minimum atomic E-state index is -0.560. The summed E-state index contributed by atoms with van der Waals surface area (Å²) in [7, 11) is 0. The van der Waals surface area contributed by atoms with Crippen LogP contribution in [0.5, 0.6) is 0 Å². The van der Waals surface area contributed by atoms with Gasteiger partial charge in [-0.05, 0) is 0 Å². The van der Waals surface area contributed by atoms with E-state index in [1.807, 2.05) is 0 Å². The van der Waals surface area contributed by atoms with E-state index >= 15 is 0 Å². The third-order valence-electron chi connectivity index (χ3n) is 1.45. The summed E-state index contributed by atoms with van der Waals surface area (Å²) in [6, 6.07) is 0. The van der Waals surface area contributed by atoms with Gasteiger partial charge in [-0.25, -0.2) is 4.79 Å². The van der Waals surface area contributed by atoms with Crippen LogP contribution in [0.4, 0.5) is 0 Å². The van der Waals surface area contributed by atoms with Crippen molar-refractivity contribution < 1.29 is 14.7 Å². The molecule has 0 atom stereocenters. The Morgan fingerprint density at radius 2 is 2.30 bits per heavy atom. The van der Waals surface area contributed by atoms with E-state index in [9.17, 15) is 4.79 Å². The lowest BCUT2D eigenvalue weighted by Gasteiger charge is -2.24. The molecule has 0 radical (unpaired) electrons. The summed E-state index contributed by atoms with van der Waals surface area (Å²) in [5, 5.41) is 12.2. The lowest BCUT2D eigenvalue weighted by Crippen LogP contribution is -2.40. The highest BCUT2D eigenvalue weighted by Crippen LogP contribution is 2.22. The van der Waals surface area contributed by atoms with Crippen molar-refractivity contribution in [3.63, 3.8) is 0 Å². The number of hydrogen-bond acceptors (Lipinski definition) is 4. The number of aliphatic hydroxyl groups excluding tert-OH is 1. The number of aliphatic hydroxyl groups is 1. The van der Waals surface area contributed by atoms with Crippen LogP contribution in [-0.2, 0) is 9.63 Å². The Morgan fingerprint density at radius 3 is 2.40 bits per heavy atom. The summed E-state index contributed by atoms with van der Waals surface area (Å²) in [6.07, 6.45) is 0.